The number of hydrogen-bond acceptors (Lipinski definition) is 10. The first-order valence-electron chi connectivity index (χ1n) is 8.43. The van der Waals surface area contributed by atoms with Crippen LogP contribution in [0.3, 0.4) is 0 Å². The molecule has 0 aliphatic heterocycles. The third kappa shape index (κ3) is 5.84. The molecule has 170 valence electrons. The second kappa shape index (κ2) is 9.63. The molecule has 0 saturated heterocycles. The Morgan fingerprint density at radius 2 is 0.750 bits per heavy atom. The fraction of sp³-hybridized carbons (Fsp3) is 1.00. The van der Waals surface area contributed by atoms with E-state index in [1.165, 1.54) is 27.7 Å². The van der Waals surface area contributed by atoms with Gasteiger partial charge in [0.05, 0.1) is 23.0 Å². The predicted molar refractivity (Wildman–Crippen MR) is 104 cm³/mol. The van der Waals surface area contributed by atoms with Crippen LogP contribution < -0.4 is 0 Å². The Labute approximate surface area is 168 Å². The Morgan fingerprint density at radius 3 is 0.893 bits per heavy atom. The topological polar surface area (TPSA) is 167 Å². The summed E-state index contributed by atoms with van der Waals surface area (Å²) in [6.07, 6.45) is -3.60. The van der Waals surface area contributed by atoms with Crippen LogP contribution in [0.2, 0.25) is 0 Å². The van der Waals surface area contributed by atoms with E-state index in [4.69, 9.17) is 0 Å². The summed E-state index contributed by atoms with van der Waals surface area (Å²) in [6, 6.07) is 0. The molecule has 0 spiro atoms. The third-order valence-electron chi connectivity index (χ3n) is 3.93. The maximum Gasteiger partial charge on any atom is 0.228 e. The van der Waals surface area contributed by atoms with Crippen LogP contribution in [0.4, 0.5) is 0 Å². The highest BCUT2D eigenvalue weighted by Gasteiger charge is 2.45. The van der Waals surface area contributed by atoms with E-state index in [0.717, 1.165) is 13.8 Å². The minimum Gasteiger partial charge on any atom is -0.311 e. The van der Waals surface area contributed by atoms with Gasteiger partial charge in [0.25, 0.3) is 0 Å². The van der Waals surface area contributed by atoms with E-state index >= 15 is 0 Å². The molecule has 2 unspecified atom stereocenters. The van der Waals surface area contributed by atoms with Crippen molar-refractivity contribution in [1.82, 2.24) is 12.5 Å². The molecule has 0 amide bonds. The fourth-order valence-electron chi connectivity index (χ4n) is 2.29. The molecule has 0 heterocycles. The number of hydrogen-bond donors (Lipinski definition) is 1. The summed E-state index contributed by atoms with van der Waals surface area (Å²) >= 11 is 0. The molecule has 0 fully saturated rings. The fourth-order valence-corrected chi connectivity index (χ4v) is 9.59. The number of sulfonamides is 4. The summed E-state index contributed by atoms with van der Waals surface area (Å²) in [7, 11) is -17.6. The van der Waals surface area contributed by atoms with Gasteiger partial charge in [-0.15, -0.1) is 0 Å². The van der Waals surface area contributed by atoms with E-state index in [9.17, 15) is 38.9 Å². The lowest BCUT2D eigenvalue weighted by atomic mass is 10.5. The first kappa shape index (κ1) is 27.6. The van der Waals surface area contributed by atoms with E-state index in [-0.39, 0.29) is 12.5 Å². The number of hydroxylamine groups is 2. The van der Waals surface area contributed by atoms with Gasteiger partial charge in [0.2, 0.25) is 40.1 Å². The highest BCUT2D eigenvalue weighted by atomic mass is 32.3. The molecule has 0 saturated carbocycles. The van der Waals surface area contributed by atoms with Crippen molar-refractivity contribution in [3.8, 4) is 0 Å². The maximum absolute atomic E-state index is 12.3. The molecule has 1 N–H and O–H groups in total. The van der Waals surface area contributed by atoms with Crippen molar-refractivity contribution in [2.24, 2.45) is 0 Å². The Hall–Kier alpha value is -0.360. The minimum absolute atomic E-state index is 0.0613. The molecule has 0 aromatic rings. The maximum atomic E-state index is 12.3. The van der Waals surface area contributed by atoms with E-state index < -0.39 is 75.4 Å². The average molecular weight is 488 g/mol. The zero-order chi connectivity index (χ0) is 22.7. The summed E-state index contributed by atoms with van der Waals surface area (Å²) in [5.41, 5.74) is 0. The van der Waals surface area contributed by atoms with E-state index in [0.29, 0.717) is 0 Å². The van der Waals surface area contributed by atoms with Gasteiger partial charge in [-0.05, 0) is 41.5 Å². The van der Waals surface area contributed by atoms with Crippen molar-refractivity contribution in [3.63, 3.8) is 0 Å². The highest BCUT2D eigenvalue weighted by Crippen LogP contribution is 2.23. The van der Waals surface area contributed by atoms with Gasteiger partial charge in [-0.2, -0.15) is 5.06 Å². The molecule has 0 rings (SSSR count). The molecule has 0 aliphatic rings. The lowest BCUT2D eigenvalue weighted by Gasteiger charge is -2.38. The van der Waals surface area contributed by atoms with Crippen LogP contribution in [0.1, 0.15) is 41.5 Å². The van der Waals surface area contributed by atoms with E-state index in [1.807, 2.05) is 0 Å². The third-order valence-corrected chi connectivity index (χ3v) is 13.0. The van der Waals surface area contributed by atoms with Gasteiger partial charge in [0.15, 0.2) is 0 Å². The first-order valence-corrected chi connectivity index (χ1v) is 14.9. The molecule has 0 aromatic carbocycles. The lowest BCUT2D eigenvalue weighted by molar-refractivity contribution is -0.181. The summed E-state index contributed by atoms with van der Waals surface area (Å²) in [6.45, 7) is 6.79. The van der Waals surface area contributed by atoms with Gasteiger partial charge in [0.1, 0.15) is 12.3 Å². The average Bonchev–Trinajstić information content (AvgIpc) is 2.60. The van der Waals surface area contributed by atoms with Crippen molar-refractivity contribution in [2.75, 3.05) is 23.0 Å². The normalized spacial score (nSPS) is 16.6. The highest BCUT2D eigenvalue weighted by molar-refractivity contribution is 8.04. The molecule has 28 heavy (non-hydrogen) atoms. The summed E-state index contributed by atoms with van der Waals surface area (Å²) in [4.78, 5) is 0. The number of rotatable bonds is 12. The summed E-state index contributed by atoms with van der Waals surface area (Å²) in [5.74, 6) is -2.43. The molecule has 0 radical (unpaired) electrons. The smallest absolute Gasteiger partial charge is 0.228 e. The summed E-state index contributed by atoms with van der Waals surface area (Å²) < 4.78 is 98.6. The second-order valence-electron chi connectivity index (χ2n) is 5.70. The largest absolute Gasteiger partial charge is 0.311 e. The van der Waals surface area contributed by atoms with Gasteiger partial charge in [-0.25, -0.2) is 33.7 Å². The zero-order valence-corrected chi connectivity index (χ0v) is 19.9. The SMILES string of the molecule is CCS(=O)(=O)N(C(C)N(O)C(C)N(S(=O)(=O)CC)S(=O)(=O)CC)S(=O)(=O)CC. The Kier molecular flexibility index (Phi) is 9.51. The van der Waals surface area contributed by atoms with Crippen molar-refractivity contribution >= 4 is 40.1 Å². The lowest BCUT2D eigenvalue weighted by Crippen LogP contribution is -2.59. The molecule has 0 bridgehead atoms. The molecule has 12 nitrogen and oxygen atoms in total. The van der Waals surface area contributed by atoms with Crippen LogP contribution in [0.25, 0.3) is 0 Å². The van der Waals surface area contributed by atoms with Crippen LogP contribution in [0.5, 0.6) is 0 Å². The van der Waals surface area contributed by atoms with Crippen molar-refractivity contribution in [1.29, 1.82) is 0 Å². The second-order valence-corrected chi connectivity index (χ2v) is 14.7. The minimum atomic E-state index is -4.39. The predicted octanol–water partition coefficient (Wildman–Crippen LogP) is -0.628. The Balaban J connectivity index is 6.45. The zero-order valence-electron chi connectivity index (χ0n) is 16.7. The van der Waals surface area contributed by atoms with Gasteiger partial charge in [-0.1, -0.05) is 7.42 Å². The molecule has 2 atom stereocenters. The van der Waals surface area contributed by atoms with Crippen LogP contribution in [-0.2, 0) is 40.1 Å². The van der Waals surface area contributed by atoms with Gasteiger partial charge in [-0.3, -0.25) is 0 Å². The Bertz CT molecular complexity index is 796. The van der Waals surface area contributed by atoms with E-state index in [1.54, 1.807) is 0 Å². The van der Waals surface area contributed by atoms with Crippen LogP contribution in [0.15, 0.2) is 0 Å². The van der Waals surface area contributed by atoms with Gasteiger partial charge >= 0.3 is 0 Å². The van der Waals surface area contributed by atoms with Crippen molar-refractivity contribution in [2.45, 2.75) is 53.9 Å². The summed E-state index contributed by atoms with van der Waals surface area (Å²) in [5, 5.41) is 10.5. The standard InChI is InChI=1S/C12H29N3O9S4/c1-7-25(17,18)14(26(19,20)8-2)11(5)13(16)12(6)15(27(21,22)9-3)28(23,24)10-4/h11-12,16H,7-10H2,1-6H3. The molecule has 16 heteroatoms. The van der Waals surface area contributed by atoms with Crippen LogP contribution in [-0.4, -0.2) is 86.7 Å². The monoisotopic (exact) mass is 487 g/mol. The van der Waals surface area contributed by atoms with Crippen LogP contribution >= 0.6 is 0 Å². The van der Waals surface area contributed by atoms with E-state index in [2.05, 4.69) is 0 Å². The first-order chi connectivity index (χ1) is 12.5. The molecular weight excluding hydrogens is 458 g/mol. The molecule has 0 aliphatic carbocycles. The van der Waals surface area contributed by atoms with Gasteiger partial charge in [0, 0.05) is 0 Å². The van der Waals surface area contributed by atoms with Gasteiger partial charge < -0.3 is 5.21 Å². The Morgan fingerprint density at radius 1 is 0.571 bits per heavy atom. The van der Waals surface area contributed by atoms with Crippen molar-refractivity contribution < 1.29 is 38.9 Å². The van der Waals surface area contributed by atoms with Crippen LogP contribution in [0, 0.1) is 0 Å². The molecular formula is C12H29N3O9S4. The quantitative estimate of drug-likeness (QED) is 0.276. The number of nitrogens with zero attached hydrogens (tertiary/aromatic N) is 3. The molecule has 0 aromatic heterocycles. The van der Waals surface area contributed by atoms with Crippen molar-refractivity contribution in [3.05, 3.63) is 0 Å².